The third-order valence-electron chi connectivity index (χ3n) is 5.17. The van der Waals surface area contributed by atoms with Crippen molar-refractivity contribution in [3.8, 4) is 0 Å². The number of hydrogen-bond donors (Lipinski definition) is 1. The van der Waals surface area contributed by atoms with Crippen molar-refractivity contribution in [3.63, 3.8) is 0 Å². The van der Waals surface area contributed by atoms with E-state index in [9.17, 15) is 9.18 Å². The summed E-state index contributed by atoms with van der Waals surface area (Å²) in [6.07, 6.45) is 2.62. The monoisotopic (exact) mass is 280 g/mol. The molecule has 3 nitrogen and oxygen atoms in total. The van der Waals surface area contributed by atoms with Crippen LogP contribution < -0.4 is 5.32 Å². The molecule has 0 spiro atoms. The van der Waals surface area contributed by atoms with Gasteiger partial charge >= 0.3 is 0 Å². The van der Waals surface area contributed by atoms with Gasteiger partial charge in [-0.2, -0.15) is 0 Å². The van der Waals surface area contributed by atoms with Crippen LogP contribution in [0.25, 0.3) is 0 Å². The molecule has 2 atom stereocenters. The third-order valence-corrected chi connectivity index (χ3v) is 5.17. The summed E-state index contributed by atoms with van der Waals surface area (Å²) in [5.41, 5.74) is 0.0125. The van der Waals surface area contributed by atoms with Crippen molar-refractivity contribution >= 4 is 5.91 Å². The number of hydrogen-bond acceptors (Lipinski definition) is 2. The predicted octanol–water partition coefficient (Wildman–Crippen LogP) is 3.14. The number of rotatable bonds is 2. The minimum atomic E-state index is -1.32. The van der Waals surface area contributed by atoms with Crippen molar-refractivity contribution in [2.45, 2.75) is 59.7 Å². The zero-order valence-corrected chi connectivity index (χ0v) is 13.3. The number of nitrogens with zero attached hydrogens (tertiary/aromatic N) is 1. The molecule has 1 N–H and O–H groups in total. The highest BCUT2D eigenvalue weighted by Crippen LogP contribution is 2.42. The van der Waals surface area contributed by atoms with Crippen LogP contribution >= 0.6 is 0 Å². The van der Waals surface area contributed by atoms with Gasteiger partial charge in [0.2, 0.25) is 0 Å². The maximum atomic E-state index is 14.5. The van der Waals surface area contributed by atoms with Crippen molar-refractivity contribution in [2.75, 3.05) is 6.54 Å². The molecule has 2 heterocycles. The average Bonchev–Trinajstić information content (AvgIpc) is 2.53. The Morgan fingerprint density at radius 3 is 2.50 bits per heavy atom. The first-order valence-electron chi connectivity index (χ1n) is 7.25. The molecule has 112 valence electrons. The van der Waals surface area contributed by atoms with Gasteiger partial charge < -0.3 is 5.32 Å². The Balaban J connectivity index is 2.38. The number of allylic oxidation sites excluding steroid dienone is 1. The van der Waals surface area contributed by atoms with E-state index in [4.69, 9.17) is 0 Å². The molecule has 0 aliphatic carbocycles. The Hall–Kier alpha value is -1.32. The topological polar surface area (TPSA) is 32.3 Å². The Morgan fingerprint density at radius 1 is 1.45 bits per heavy atom. The molecule has 2 aliphatic rings. The van der Waals surface area contributed by atoms with Crippen LogP contribution in [0.5, 0.6) is 0 Å². The Kier molecular flexibility index (Phi) is 3.47. The molecule has 0 aromatic rings. The largest absolute Gasteiger partial charge is 0.372 e. The van der Waals surface area contributed by atoms with Gasteiger partial charge in [0, 0.05) is 17.5 Å². The summed E-state index contributed by atoms with van der Waals surface area (Å²) in [5, 5.41) is 3.26. The predicted molar refractivity (Wildman–Crippen MR) is 78.7 cm³/mol. The Labute approximate surface area is 120 Å². The lowest BCUT2D eigenvalue weighted by molar-refractivity contribution is -0.125. The number of carbonyl (C=O) groups is 1. The molecule has 0 radical (unpaired) electrons. The molecule has 20 heavy (non-hydrogen) atoms. The van der Waals surface area contributed by atoms with E-state index in [2.05, 4.69) is 5.32 Å². The SMILES string of the molecule is CC1=C(C)C(C)N(C2=CC(C)(C(C)(C)F)CCN2)C1=O. The van der Waals surface area contributed by atoms with Crippen molar-refractivity contribution in [3.05, 3.63) is 23.0 Å². The molecule has 4 heteroatoms. The lowest BCUT2D eigenvalue weighted by Gasteiger charge is -2.42. The molecule has 1 amide bonds. The molecule has 2 rings (SSSR count). The number of halogens is 1. The van der Waals surface area contributed by atoms with Crippen LogP contribution in [0.15, 0.2) is 23.0 Å². The third kappa shape index (κ3) is 2.15. The maximum Gasteiger partial charge on any atom is 0.255 e. The van der Waals surface area contributed by atoms with Crippen molar-refractivity contribution in [1.29, 1.82) is 0 Å². The molecule has 0 bridgehead atoms. The molecule has 0 saturated heterocycles. The molecular formula is C16H25FN2O. The minimum absolute atomic E-state index is 0.0228. The van der Waals surface area contributed by atoms with Gasteiger partial charge in [-0.3, -0.25) is 9.69 Å². The summed E-state index contributed by atoms with van der Waals surface area (Å²) in [5.74, 6) is 0.771. The quantitative estimate of drug-likeness (QED) is 0.843. The van der Waals surface area contributed by atoms with Gasteiger partial charge in [0.1, 0.15) is 11.5 Å². The van der Waals surface area contributed by atoms with Crippen molar-refractivity contribution in [1.82, 2.24) is 10.2 Å². The number of carbonyl (C=O) groups excluding carboxylic acids is 1. The summed E-state index contributed by atoms with van der Waals surface area (Å²) in [4.78, 5) is 14.1. The zero-order valence-electron chi connectivity index (χ0n) is 13.3. The first kappa shape index (κ1) is 15.1. The van der Waals surface area contributed by atoms with E-state index in [1.165, 1.54) is 0 Å². The van der Waals surface area contributed by atoms with E-state index in [1.54, 1.807) is 18.7 Å². The van der Waals surface area contributed by atoms with Crippen LogP contribution in [-0.2, 0) is 4.79 Å². The maximum absolute atomic E-state index is 14.5. The smallest absolute Gasteiger partial charge is 0.255 e. The molecule has 0 saturated carbocycles. The Bertz CT molecular complexity index is 501. The highest BCUT2D eigenvalue weighted by Gasteiger charge is 2.44. The van der Waals surface area contributed by atoms with Gasteiger partial charge in [0.25, 0.3) is 5.91 Å². The second kappa shape index (κ2) is 4.61. The Morgan fingerprint density at radius 2 is 2.05 bits per heavy atom. The van der Waals surface area contributed by atoms with Gasteiger partial charge in [-0.05, 0) is 52.7 Å². The van der Waals surface area contributed by atoms with Gasteiger partial charge in [-0.15, -0.1) is 0 Å². The number of alkyl halides is 1. The fourth-order valence-electron chi connectivity index (χ4n) is 2.85. The highest BCUT2D eigenvalue weighted by molar-refractivity contribution is 5.98. The van der Waals surface area contributed by atoms with Gasteiger partial charge in [0.15, 0.2) is 0 Å². The van der Waals surface area contributed by atoms with E-state index in [0.29, 0.717) is 6.54 Å². The van der Waals surface area contributed by atoms with Crippen molar-refractivity contribution < 1.29 is 9.18 Å². The summed E-state index contributed by atoms with van der Waals surface area (Å²) < 4.78 is 14.5. The van der Waals surface area contributed by atoms with Crippen LogP contribution in [0.3, 0.4) is 0 Å². The van der Waals surface area contributed by atoms with E-state index in [1.807, 2.05) is 33.8 Å². The molecule has 0 aromatic carbocycles. The standard InChI is InChI=1S/C16H25FN2O/c1-10-11(2)14(20)19(12(10)3)13-9-16(6,7-8-18-13)15(4,5)17/h9,12,18H,7-8H2,1-6H3. The van der Waals surface area contributed by atoms with Crippen molar-refractivity contribution in [2.24, 2.45) is 5.41 Å². The number of amides is 1. The van der Waals surface area contributed by atoms with Gasteiger partial charge in [-0.1, -0.05) is 6.92 Å². The molecular weight excluding hydrogens is 255 g/mol. The fraction of sp³-hybridized carbons (Fsp3) is 0.688. The van der Waals surface area contributed by atoms with Gasteiger partial charge in [0.05, 0.1) is 6.04 Å². The number of nitrogens with one attached hydrogen (secondary N) is 1. The molecule has 2 unspecified atom stereocenters. The second-order valence-corrected chi connectivity index (χ2v) is 6.76. The summed E-state index contributed by atoms with van der Waals surface area (Å²) >= 11 is 0. The van der Waals surface area contributed by atoms with Crippen LogP contribution in [-0.4, -0.2) is 29.1 Å². The summed E-state index contributed by atoms with van der Waals surface area (Å²) in [6, 6.07) is 0.0336. The van der Waals surface area contributed by atoms with E-state index in [-0.39, 0.29) is 11.9 Å². The average molecular weight is 280 g/mol. The summed E-state index contributed by atoms with van der Waals surface area (Å²) in [7, 11) is 0. The van der Waals surface area contributed by atoms with E-state index < -0.39 is 11.1 Å². The van der Waals surface area contributed by atoms with Crippen LogP contribution in [0, 0.1) is 5.41 Å². The highest BCUT2D eigenvalue weighted by atomic mass is 19.1. The van der Waals surface area contributed by atoms with Crippen LogP contribution in [0.4, 0.5) is 4.39 Å². The first-order valence-corrected chi connectivity index (χ1v) is 7.25. The van der Waals surface area contributed by atoms with E-state index >= 15 is 0 Å². The minimum Gasteiger partial charge on any atom is -0.372 e. The molecule has 2 aliphatic heterocycles. The summed E-state index contributed by atoms with van der Waals surface area (Å²) in [6.45, 7) is 11.7. The molecule has 0 aromatic heterocycles. The van der Waals surface area contributed by atoms with Crippen LogP contribution in [0.2, 0.25) is 0 Å². The zero-order chi connectivity index (χ0) is 15.3. The van der Waals surface area contributed by atoms with Gasteiger partial charge in [-0.25, -0.2) is 4.39 Å². The lowest BCUT2D eigenvalue weighted by Crippen LogP contribution is -2.47. The molecule has 0 fully saturated rings. The first-order chi connectivity index (χ1) is 9.08. The fourth-order valence-corrected chi connectivity index (χ4v) is 2.85. The normalized spacial score (nSPS) is 31.6. The lowest BCUT2D eigenvalue weighted by atomic mass is 9.72. The second-order valence-electron chi connectivity index (χ2n) is 6.76. The van der Waals surface area contributed by atoms with Crippen LogP contribution in [0.1, 0.15) is 48.0 Å². The van der Waals surface area contributed by atoms with E-state index in [0.717, 1.165) is 23.4 Å².